The van der Waals surface area contributed by atoms with E-state index in [1.165, 1.54) is 7.11 Å². The van der Waals surface area contributed by atoms with Crippen molar-refractivity contribution in [3.05, 3.63) is 90.1 Å². The second kappa shape index (κ2) is 12.2. The van der Waals surface area contributed by atoms with Gasteiger partial charge in [0.05, 0.1) is 18.0 Å². The molecule has 0 bridgehead atoms. The molecule has 4 heterocycles. The van der Waals surface area contributed by atoms with E-state index in [9.17, 15) is 20.2 Å². The number of ether oxygens (including phenoxy) is 1. The van der Waals surface area contributed by atoms with Crippen molar-refractivity contribution in [3.8, 4) is 0 Å². The van der Waals surface area contributed by atoms with Crippen LogP contribution in [0.25, 0.3) is 0 Å². The number of amidine groups is 2. The van der Waals surface area contributed by atoms with Crippen LogP contribution in [0, 0.1) is 20.2 Å². The third-order valence-corrected chi connectivity index (χ3v) is 6.49. The molecule has 15 heteroatoms. The highest BCUT2D eigenvalue weighted by molar-refractivity contribution is 6.29. The Morgan fingerprint density at radius 2 is 1.58 bits per heavy atom. The van der Waals surface area contributed by atoms with Gasteiger partial charge in [-0.05, 0) is 23.3 Å². The fourth-order valence-electron chi connectivity index (χ4n) is 4.28. The van der Waals surface area contributed by atoms with E-state index in [4.69, 9.17) is 27.9 Å². The Morgan fingerprint density at radius 3 is 2.11 bits per heavy atom. The minimum absolute atomic E-state index is 0.117. The van der Waals surface area contributed by atoms with Gasteiger partial charge in [0.25, 0.3) is 6.04 Å². The van der Waals surface area contributed by atoms with Gasteiger partial charge in [-0.3, -0.25) is 30.2 Å². The van der Waals surface area contributed by atoms with Gasteiger partial charge in [0.2, 0.25) is 5.84 Å². The summed E-state index contributed by atoms with van der Waals surface area (Å²) >= 11 is 11.7. The van der Waals surface area contributed by atoms with Gasteiger partial charge in [0, 0.05) is 56.7 Å². The maximum atomic E-state index is 12.3. The molecule has 0 amide bonds. The van der Waals surface area contributed by atoms with Crippen LogP contribution in [0.4, 0.5) is 0 Å². The topological polar surface area (TPSA) is 152 Å². The minimum atomic E-state index is -1.48. The quantitative estimate of drug-likeness (QED) is 0.228. The molecule has 2 aliphatic rings. The number of pyridine rings is 2. The van der Waals surface area contributed by atoms with Crippen LogP contribution in [0.15, 0.2) is 58.4 Å². The number of nitro groups is 2. The fraction of sp³-hybridized carbons (Fsp3) is 0.391. The molecule has 0 saturated carbocycles. The van der Waals surface area contributed by atoms with Crippen molar-refractivity contribution in [2.45, 2.75) is 25.2 Å². The van der Waals surface area contributed by atoms with Gasteiger partial charge >= 0.3 is 5.70 Å². The minimum Gasteiger partial charge on any atom is -0.369 e. The molecule has 200 valence electrons. The van der Waals surface area contributed by atoms with Crippen LogP contribution in [0.3, 0.4) is 0 Å². The van der Waals surface area contributed by atoms with Gasteiger partial charge in [-0.2, -0.15) is 0 Å². The predicted octanol–water partition coefficient (Wildman–Crippen LogP) is 2.73. The van der Waals surface area contributed by atoms with Crippen molar-refractivity contribution in [2.24, 2.45) is 9.98 Å². The van der Waals surface area contributed by atoms with Crippen LogP contribution in [0.5, 0.6) is 0 Å². The molecule has 0 N–H and O–H groups in total. The molecule has 0 saturated heterocycles. The van der Waals surface area contributed by atoms with E-state index in [1.807, 2.05) is 0 Å². The predicted molar refractivity (Wildman–Crippen MR) is 141 cm³/mol. The Morgan fingerprint density at radius 1 is 1.00 bits per heavy atom. The molecule has 0 aromatic carbocycles. The highest BCUT2D eigenvalue weighted by Crippen LogP contribution is 2.21. The molecular weight excluding hydrogens is 539 g/mol. The summed E-state index contributed by atoms with van der Waals surface area (Å²) in [5.41, 5.74) is 1.19. The summed E-state index contributed by atoms with van der Waals surface area (Å²) in [7, 11) is 1.27. The van der Waals surface area contributed by atoms with Crippen LogP contribution in [-0.2, 0) is 17.8 Å². The Bertz CT molecular complexity index is 1270. The molecule has 0 spiro atoms. The molecule has 2 aliphatic heterocycles. The second-order valence-corrected chi connectivity index (χ2v) is 9.28. The van der Waals surface area contributed by atoms with Crippen molar-refractivity contribution in [2.75, 3.05) is 33.3 Å². The normalized spacial score (nSPS) is 17.3. The summed E-state index contributed by atoms with van der Waals surface area (Å²) in [6, 6.07) is 5.32. The first-order chi connectivity index (χ1) is 18.3. The van der Waals surface area contributed by atoms with Gasteiger partial charge in [0.15, 0.2) is 11.9 Å². The number of halogens is 2. The summed E-state index contributed by atoms with van der Waals surface area (Å²) in [6.07, 6.45) is 3.03. The highest BCUT2D eigenvalue weighted by atomic mass is 35.5. The average molecular weight is 563 g/mol. The van der Waals surface area contributed by atoms with E-state index in [0.717, 1.165) is 17.2 Å². The maximum absolute atomic E-state index is 12.3. The van der Waals surface area contributed by atoms with Crippen LogP contribution >= 0.6 is 23.2 Å². The third-order valence-electron chi connectivity index (χ3n) is 6.05. The fourth-order valence-corrected chi connectivity index (χ4v) is 4.51. The van der Waals surface area contributed by atoms with Gasteiger partial charge in [-0.15, -0.1) is 0 Å². The lowest BCUT2D eigenvalue weighted by Gasteiger charge is -2.25. The molecule has 2 aromatic heterocycles. The monoisotopic (exact) mass is 562 g/mol. The summed E-state index contributed by atoms with van der Waals surface area (Å²) in [5, 5.41) is 25.1. The number of aliphatic imine (C=N–C) groups is 2. The lowest BCUT2D eigenvalue weighted by Crippen LogP contribution is -2.47. The number of methoxy groups -OCH3 is 1. The van der Waals surface area contributed by atoms with Crippen molar-refractivity contribution in [3.63, 3.8) is 0 Å². The van der Waals surface area contributed by atoms with Crippen molar-refractivity contribution in [1.29, 1.82) is 0 Å². The van der Waals surface area contributed by atoms with Crippen LogP contribution in [0.2, 0.25) is 10.3 Å². The van der Waals surface area contributed by atoms with Crippen molar-refractivity contribution in [1.82, 2.24) is 19.8 Å². The third kappa shape index (κ3) is 6.41. The maximum Gasteiger partial charge on any atom is 0.310 e. The molecule has 0 fully saturated rings. The van der Waals surface area contributed by atoms with Crippen molar-refractivity contribution >= 4 is 34.9 Å². The number of hydrogen-bond acceptors (Lipinski definition) is 11. The Balaban J connectivity index is 1.60. The summed E-state index contributed by atoms with van der Waals surface area (Å²) in [5.74, 6) is 0.291. The van der Waals surface area contributed by atoms with Crippen LogP contribution < -0.4 is 0 Å². The largest absolute Gasteiger partial charge is 0.369 e. The lowest BCUT2D eigenvalue weighted by atomic mass is 10.1. The van der Waals surface area contributed by atoms with Gasteiger partial charge < -0.3 is 14.5 Å². The molecule has 13 nitrogen and oxygen atoms in total. The molecule has 4 rings (SSSR count). The zero-order chi connectivity index (χ0) is 27.2. The van der Waals surface area contributed by atoms with Gasteiger partial charge in [-0.25, -0.2) is 9.97 Å². The van der Waals surface area contributed by atoms with E-state index in [2.05, 4.69) is 20.0 Å². The number of rotatable bonds is 11. The molecule has 0 aliphatic carbocycles. The summed E-state index contributed by atoms with van der Waals surface area (Å²) in [6.45, 7) is 2.19. The van der Waals surface area contributed by atoms with Gasteiger partial charge in [-0.1, -0.05) is 35.3 Å². The molecule has 38 heavy (non-hydrogen) atoms. The first-order valence-corrected chi connectivity index (χ1v) is 12.3. The number of nitrogens with zero attached hydrogens (tertiary/aromatic N) is 8. The number of hydrogen-bond donors (Lipinski definition) is 0. The first kappa shape index (κ1) is 27.4. The number of aromatic nitrogens is 2. The smallest absolute Gasteiger partial charge is 0.310 e. The van der Waals surface area contributed by atoms with E-state index < -0.39 is 22.0 Å². The lowest BCUT2D eigenvalue weighted by molar-refractivity contribution is -0.513. The van der Waals surface area contributed by atoms with Crippen LogP contribution in [0.1, 0.15) is 11.1 Å². The Labute approximate surface area is 227 Å². The Hall–Kier alpha value is -3.68. The first-order valence-electron chi connectivity index (χ1n) is 11.6. The van der Waals surface area contributed by atoms with E-state index in [1.54, 1.807) is 46.5 Å². The summed E-state index contributed by atoms with van der Waals surface area (Å²) < 4.78 is 5.45. The zero-order valence-electron chi connectivity index (χ0n) is 20.3. The van der Waals surface area contributed by atoms with Crippen LogP contribution in [-0.4, -0.2) is 86.7 Å². The zero-order valence-corrected chi connectivity index (χ0v) is 21.8. The standard InChI is InChI=1S/C23H24Cl2N8O5/c1-38-18(21(33(36)37)23-27-7-9-31(23)14-16-3-5-20(25)29-12-16)10-17(32(34)35)22-26-6-8-30(22)13-15-2-4-19(24)28-11-15/h2-5,10-12,18,21H,6-9,13-14H2,1H3/b17-10+. The molecule has 2 atom stereocenters. The highest BCUT2D eigenvalue weighted by Gasteiger charge is 2.43. The molecule has 2 unspecified atom stereocenters. The van der Waals surface area contributed by atoms with Crippen molar-refractivity contribution < 1.29 is 14.6 Å². The van der Waals surface area contributed by atoms with E-state index in [-0.39, 0.29) is 17.4 Å². The summed E-state index contributed by atoms with van der Waals surface area (Å²) in [4.78, 5) is 43.5. The molecule has 0 radical (unpaired) electrons. The molecular formula is C23H24Cl2N8O5. The van der Waals surface area contributed by atoms with E-state index >= 15 is 0 Å². The van der Waals surface area contributed by atoms with E-state index in [0.29, 0.717) is 49.6 Å². The SMILES string of the molecule is COC(/C=C(\C1=NCCN1Cc1ccc(Cl)nc1)[N+](=O)[O-])C(C1=NCCN1Cc1ccc(Cl)nc1)[N+](=O)[O-]. The van der Waals surface area contributed by atoms with Gasteiger partial charge in [0.1, 0.15) is 10.3 Å². The Kier molecular flexibility index (Phi) is 8.81. The molecule has 2 aromatic rings. The average Bonchev–Trinajstić information content (AvgIpc) is 3.53. The second-order valence-electron chi connectivity index (χ2n) is 8.51.